The van der Waals surface area contributed by atoms with Gasteiger partial charge in [-0.1, -0.05) is 0 Å². The molecule has 6 nitrogen and oxygen atoms in total. The predicted molar refractivity (Wildman–Crippen MR) is 107 cm³/mol. The molecule has 0 unspecified atom stereocenters. The molecular weight excluding hydrogens is 468 g/mol. The van der Waals surface area contributed by atoms with Gasteiger partial charge in [0, 0.05) is 0 Å². The molecule has 0 spiro atoms. The lowest BCUT2D eigenvalue weighted by Gasteiger charge is -2.10. The number of ether oxygens (including phenoxy) is 3. The van der Waals surface area contributed by atoms with Crippen LogP contribution in [0.4, 0.5) is 0 Å². The van der Waals surface area contributed by atoms with Crippen LogP contribution in [-0.2, 0) is 4.79 Å². The third-order valence-corrected chi connectivity index (χ3v) is 4.48. The number of carbonyl (C=O) groups excluding carboxylic acids is 1. The van der Waals surface area contributed by atoms with Crippen LogP contribution in [0.3, 0.4) is 0 Å². The van der Waals surface area contributed by atoms with Crippen LogP contribution in [0.5, 0.6) is 17.2 Å². The van der Waals surface area contributed by atoms with E-state index >= 15 is 0 Å². The number of carbonyl (C=O) groups is 1. The number of hydrazone groups is 1. The number of amides is 1. The van der Waals surface area contributed by atoms with Crippen molar-refractivity contribution in [2.24, 2.45) is 5.10 Å². The number of hydrogen-bond acceptors (Lipinski definition) is 5. The first-order valence-electron chi connectivity index (χ1n) is 7.57. The topological polar surface area (TPSA) is 69.2 Å². The van der Waals surface area contributed by atoms with E-state index in [0.29, 0.717) is 17.2 Å². The molecular formula is C18H18Br2N2O4. The van der Waals surface area contributed by atoms with Gasteiger partial charge in [0.15, 0.2) is 18.1 Å². The van der Waals surface area contributed by atoms with Crippen molar-refractivity contribution in [3.63, 3.8) is 0 Å². The lowest BCUT2D eigenvalue weighted by atomic mass is 10.2. The number of benzene rings is 2. The molecule has 2 rings (SSSR count). The monoisotopic (exact) mass is 484 g/mol. The molecule has 0 heterocycles. The van der Waals surface area contributed by atoms with E-state index in [0.717, 1.165) is 20.1 Å². The van der Waals surface area contributed by atoms with Crippen molar-refractivity contribution in [3.05, 3.63) is 50.4 Å². The molecule has 1 N–H and O–H groups in total. The van der Waals surface area contributed by atoms with Crippen LogP contribution in [0, 0.1) is 6.92 Å². The molecule has 0 fully saturated rings. The van der Waals surface area contributed by atoms with Gasteiger partial charge in [-0.3, -0.25) is 4.79 Å². The van der Waals surface area contributed by atoms with Crippen LogP contribution in [0.25, 0.3) is 0 Å². The van der Waals surface area contributed by atoms with E-state index in [-0.39, 0.29) is 12.5 Å². The van der Waals surface area contributed by atoms with E-state index in [2.05, 4.69) is 42.4 Å². The van der Waals surface area contributed by atoms with Gasteiger partial charge in [0.1, 0.15) is 5.75 Å². The number of hydrogen-bond donors (Lipinski definition) is 1. The molecule has 0 aliphatic rings. The Balaban J connectivity index is 1.92. The molecule has 8 heteroatoms. The lowest BCUT2D eigenvalue weighted by molar-refractivity contribution is -0.123. The van der Waals surface area contributed by atoms with E-state index in [4.69, 9.17) is 14.2 Å². The summed E-state index contributed by atoms with van der Waals surface area (Å²) in [5.74, 6) is 1.40. The van der Waals surface area contributed by atoms with Crippen LogP contribution in [0.2, 0.25) is 0 Å². The molecule has 2 aromatic rings. The molecule has 0 aliphatic carbocycles. The lowest BCUT2D eigenvalue weighted by Crippen LogP contribution is -2.24. The van der Waals surface area contributed by atoms with Gasteiger partial charge in [-0.05, 0) is 80.2 Å². The quantitative estimate of drug-likeness (QED) is 0.474. The SMILES string of the molecule is COc1ccc(/C=N\NC(=O)COc2c(Br)cc(C)cc2Br)cc1OC. The van der Waals surface area contributed by atoms with E-state index in [9.17, 15) is 4.79 Å². The van der Waals surface area contributed by atoms with Crippen molar-refractivity contribution in [2.75, 3.05) is 20.8 Å². The average molecular weight is 486 g/mol. The third-order valence-electron chi connectivity index (χ3n) is 3.30. The van der Waals surface area contributed by atoms with Gasteiger partial charge in [-0.2, -0.15) is 5.10 Å². The third kappa shape index (κ3) is 5.47. The zero-order chi connectivity index (χ0) is 19.1. The molecule has 138 valence electrons. The highest BCUT2D eigenvalue weighted by Gasteiger charge is 2.10. The molecule has 0 saturated heterocycles. The fraction of sp³-hybridized carbons (Fsp3) is 0.222. The maximum atomic E-state index is 11.9. The summed E-state index contributed by atoms with van der Waals surface area (Å²) in [5.41, 5.74) is 4.25. The van der Waals surface area contributed by atoms with Crippen LogP contribution >= 0.6 is 31.9 Å². The highest BCUT2D eigenvalue weighted by atomic mass is 79.9. The second-order valence-electron chi connectivity index (χ2n) is 5.25. The summed E-state index contributed by atoms with van der Waals surface area (Å²) in [6.45, 7) is 1.80. The van der Waals surface area contributed by atoms with Gasteiger partial charge >= 0.3 is 0 Å². The van der Waals surface area contributed by atoms with Crippen molar-refractivity contribution in [1.82, 2.24) is 5.43 Å². The highest BCUT2D eigenvalue weighted by molar-refractivity contribution is 9.11. The number of nitrogens with zero attached hydrogens (tertiary/aromatic N) is 1. The Morgan fingerprint density at radius 1 is 1.12 bits per heavy atom. The standard InChI is InChI=1S/C18H18Br2N2O4/c1-11-6-13(19)18(14(20)7-11)26-10-17(23)22-21-9-12-4-5-15(24-2)16(8-12)25-3/h4-9H,10H2,1-3H3,(H,22,23)/b21-9-. The minimum atomic E-state index is -0.374. The van der Waals surface area contributed by atoms with Gasteiger partial charge in [0.2, 0.25) is 0 Å². The number of nitrogens with one attached hydrogen (secondary N) is 1. The largest absolute Gasteiger partial charge is 0.493 e. The van der Waals surface area contributed by atoms with Gasteiger partial charge in [-0.15, -0.1) is 0 Å². The summed E-state index contributed by atoms with van der Waals surface area (Å²) >= 11 is 6.84. The minimum Gasteiger partial charge on any atom is -0.493 e. The van der Waals surface area contributed by atoms with Gasteiger partial charge in [-0.25, -0.2) is 5.43 Å². The number of rotatable bonds is 7. The van der Waals surface area contributed by atoms with E-state index in [1.165, 1.54) is 6.21 Å². The highest BCUT2D eigenvalue weighted by Crippen LogP contribution is 2.34. The van der Waals surface area contributed by atoms with Gasteiger partial charge in [0.05, 0.1) is 29.4 Å². The Hall–Kier alpha value is -2.06. The minimum absolute atomic E-state index is 0.163. The summed E-state index contributed by atoms with van der Waals surface area (Å²) in [5, 5.41) is 3.92. The van der Waals surface area contributed by atoms with Crippen molar-refractivity contribution in [1.29, 1.82) is 0 Å². The summed E-state index contributed by atoms with van der Waals surface area (Å²) < 4.78 is 17.5. The smallest absolute Gasteiger partial charge is 0.277 e. The molecule has 1 amide bonds. The van der Waals surface area contributed by atoms with Crippen molar-refractivity contribution < 1.29 is 19.0 Å². The van der Waals surface area contributed by atoms with E-state index < -0.39 is 0 Å². The molecule has 0 aliphatic heterocycles. The normalized spacial score (nSPS) is 10.7. The Bertz CT molecular complexity index is 802. The van der Waals surface area contributed by atoms with E-state index in [1.807, 2.05) is 19.1 Å². The van der Waals surface area contributed by atoms with Crippen LogP contribution in [-0.4, -0.2) is 32.9 Å². The van der Waals surface area contributed by atoms with Crippen molar-refractivity contribution in [3.8, 4) is 17.2 Å². The summed E-state index contributed by atoms with van der Waals surface area (Å²) in [4.78, 5) is 11.9. The van der Waals surface area contributed by atoms with Gasteiger partial charge in [0.25, 0.3) is 5.91 Å². The van der Waals surface area contributed by atoms with E-state index in [1.54, 1.807) is 32.4 Å². The first kappa shape index (κ1) is 20.3. The van der Waals surface area contributed by atoms with Crippen molar-refractivity contribution in [2.45, 2.75) is 6.92 Å². The second-order valence-corrected chi connectivity index (χ2v) is 6.96. The summed E-state index contributed by atoms with van der Waals surface area (Å²) in [6.07, 6.45) is 1.51. The second kappa shape index (κ2) is 9.59. The molecule has 2 aromatic carbocycles. The fourth-order valence-corrected chi connectivity index (χ4v) is 3.75. The van der Waals surface area contributed by atoms with Gasteiger partial charge < -0.3 is 14.2 Å². The summed E-state index contributed by atoms with van der Waals surface area (Å²) in [7, 11) is 3.12. The summed E-state index contributed by atoms with van der Waals surface area (Å²) in [6, 6.07) is 9.14. The van der Waals surface area contributed by atoms with Crippen LogP contribution < -0.4 is 19.6 Å². The zero-order valence-corrected chi connectivity index (χ0v) is 17.7. The maximum absolute atomic E-state index is 11.9. The van der Waals surface area contributed by atoms with Crippen LogP contribution in [0.1, 0.15) is 11.1 Å². The first-order valence-corrected chi connectivity index (χ1v) is 9.15. The maximum Gasteiger partial charge on any atom is 0.277 e. The number of halogens is 2. The number of aryl methyl sites for hydroxylation is 1. The Morgan fingerprint density at radius 2 is 1.77 bits per heavy atom. The molecule has 0 saturated carbocycles. The predicted octanol–water partition coefficient (Wildman–Crippen LogP) is 4.07. The van der Waals surface area contributed by atoms with Crippen molar-refractivity contribution >= 4 is 44.0 Å². The first-order chi connectivity index (χ1) is 12.4. The van der Waals surface area contributed by atoms with Crippen LogP contribution in [0.15, 0.2) is 44.4 Å². The Morgan fingerprint density at radius 3 is 2.38 bits per heavy atom. The molecule has 0 bridgehead atoms. The molecule has 0 atom stereocenters. The average Bonchev–Trinajstić information content (AvgIpc) is 2.60. The Labute approximate surface area is 168 Å². The molecule has 26 heavy (non-hydrogen) atoms. The molecule has 0 radical (unpaired) electrons. The molecule has 0 aromatic heterocycles. The Kier molecular flexibility index (Phi) is 7.47. The fourth-order valence-electron chi connectivity index (χ4n) is 2.11. The number of methoxy groups -OCH3 is 2. The zero-order valence-electron chi connectivity index (χ0n) is 14.5.